The molecular formula is C15H25F5O. The molecule has 0 radical (unpaired) electrons. The van der Waals surface area contributed by atoms with Crippen molar-refractivity contribution in [1.29, 1.82) is 0 Å². The quantitative estimate of drug-likeness (QED) is 0.316. The van der Waals surface area contributed by atoms with E-state index < -0.39 is 24.9 Å². The lowest BCUT2D eigenvalue weighted by Gasteiger charge is -2.18. The van der Waals surface area contributed by atoms with Crippen LogP contribution in [-0.2, 0) is 4.79 Å². The van der Waals surface area contributed by atoms with Gasteiger partial charge in [0.2, 0.25) is 0 Å². The summed E-state index contributed by atoms with van der Waals surface area (Å²) in [7, 11) is 0. The highest BCUT2D eigenvalue weighted by Crippen LogP contribution is 2.39. The van der Waals surface area contributed by atoms with Gasteiger partial charge in [0, 0.05) is 19.3 Å². The summed E-state index contributed by atoms with van der Waals surface area (Å²) in [6.45, 7) is 2.13. The Balaban J connectivity index is 3.60. The lowest BCUT2D eigenvalue weighted by atomic mass is 10.0. The van der Waals surface area contributed by atoms with E-state index in [1.807, 2.05) is 0 Å². The van der Waals surface area contributed by atoms with Crippen LogP contribution in [0.5, 0.6) is 0 Å². The fraction of sp³-hybridized carbons (Fsp3) is 0.933. The van der Waals surface area contributed by atoms with Crippen LogP contribution in [0.15, 0.2) is 0 Å². The Morgan fingerprint density at radius 2 is 1.24 bits per heavy atom. The summed E-state index contributed by atoms with van der Waals surface area (Å²) in [5.41, 5.74) is 0. The van der Waals surface area contributed by atoms with Crippen molar-refractivity contribution in [2.75, 3.05) is 0 Å². The maximum Gasteiger partial charge on any atom is 0.453 e. The predicted molar refractivity (Wildman–Crippen MR) is 72.5 cm³/mol. The molecule has 126 valence electrons. The second kappa shape index (κ2) is 10.1. The number of halogens is 5. The monoisotopic (exact) mass is 316 g/mol. The van der Waals surface area contributed by atoms with Crippen LogP contribution in [0.25, 0.3) is 0 Å². The molecule has 6 heteroatoms. The van der Waals surface area contributed by atoms with Gasteiger partial charge in [0.25, 0.3) is 0 Å². The van der Waals surface area contributed by atoms with Gasteiger partial charge in [0.05, 0.1) is 0 Å². The maximum atomic E-state index is 12.6. The van der Waals surface area contributed by atoms with Crippen LogP contribution in [0.3, 0.4) is 0 Å². The Hall–Kier alpha value is -0.680. The third-order valence-corrected chi connectivity index (χ3v) is 3.42. The summed E-state index contributed by atoms with van der Waals surface area (Å²) in [6.07, 6.45) is 0.168. The van der Waals surface area contributed by atoms with E-state index in [0.29, 0.717) is 6.42 Å². The summed E-state index contributed by atoms with van der Waals surface area (Å²) in [5.74, 6) is -4.91. The normalized spacial score (nSPS) is 12.7. The van der Waals surface area contributed by atoms with Crippen LogP contribution in [0.1, 0.15) is 77.6 Å². The van der Waals surface area contributed by atoms with Crippen LogP contribution in [0.4, 0.5) is 22.0 Å². The smallest absolute Gasteiger partial charge is 0.300 e. The number of rotatable bonds is 12. The largest absolute Gasteiger partial charge is 0.453 e. The minimum atomic E-state index is -5.52. The van der Waals surface area contributed by atoms with Gasteiger partial charge in [-0.3, -0.25) is 4.79 Å². The molecule has 0 saturated carbocycles. The maximum absolute atomic E-state index is 12.6. The third kappa shape index (κ3) is 9.80. The van der Waals surface area contributed by atoms with E-state index in [9.17, 15) is 26.7 Å². The van der Waals surface area contributed by atoms with Gasteiger partial charge in [-0.2, -0.15) is 22.0 Å². The molecule has 0 aliphatic carbocycles. The van der Waals surface area contributed by atoms with Crippen molar-refractivity contribution in [3.05, 3.63) is 0 Å². The van der Waals surface area contributed by atoms with Crippen molar-refractivity contribution in [1.82, 2.24) is 0 Å². The van der Waals surface area contributed by atoms with E-state index in [4.69, 9.17) is 0 Å². The number of hydrogen-bond acceptors (Lipinski definition) is 1. The highest BCUT2D eigenvalue weighted by molar-refractivity contribution is 5.78. The zero-order valence-corrected chi connectivity index (χ0v) is 12.6. The molecule has 0 N–H and O–H groups in total. The van der Waals surface area contributed by atoms with Crippen molar-refractivity contribution in [2.24, 2.45) is 0 Å². The number of carbonyl (C=O) groups excluding carboxylic acids is 1. The Bertz CT molecular complexity index is 286. The van der Waals surface area contributed by atoms with Gasteiger partial charge < -0.3 is 0 Å². The summed E-state index contributed by atoms with van der Waals surface area (Å²) >= 11 is 0. The van der Waals surface area contributed by atoms with Crippen molar-refractivity contribution in [2.45, 2.75) is 89.7 Å². The van der Waals surface area contributed by atoms with Gasteiger partial charge in [-0.25, -0.2) is 0 Å². The van der Waals surface area contributed by atoms with E-state index in [0.717, 1.165) is 19.3 Å². The topological polar surface area (TPSA) is 17.1 Å². The molecule has 0 atom stereocenters. The standard InChI is InChI=1S/C15H25F5O/c1-2-3-4-5-6-7-8-10-13(21)11-9-12-14(16,17)15(18,19)20/h2-12H2,1H3. The number of alkyl halides is 5. The first-order valence-corrected chi connectivity index (χ1v) is 7.67. The second-order valence-corrected chi connectivity index (χ2v) is 5.47. The van der Waals surface area contributed by atoms with E-state index in [1.165, 1.54) is 19.3 Å². The summed E-state index contributed by atoms with van der Waals surface area (Å²) in [6, 6.07) is 0. The fourth-order valence-corrected chi connectivity index (χ4v) is 2.05. The Kier molecular flexibility index (Phi) is 9.79. The minimum absolute atomic E-state index is 0.193. The Morgan fingerprint density at radius 1 is 0.762 bits per heavy atom. The minimum Gasteiger partial charge on any atom is -0.300 e. The highest BCUT2D eigenvalue weighted by Gasteiger charge is 2.56. The van der Waals surface area contributed by atoms with Crippen LogP contribution in [-0.4, -0.2) is 17.9 Å². The van der Waals surface area contributed by atoms with E-state index >= 15 is 0 Å². The van der Waals surface area contributed by atoms with Crippen molar-refractivity contribution in [3.63, 3.8) is 0 Å². The van der Waals surface area contributed by atoms with E-state index in [-0.39, 0.29) is 18.6 Å². The van der Waals surface area contributed by atoms with Crippen molar-refractivity contribution >= 4 is 5.78 Å². The fourth-order valence-electron chi connectivity index (χ4n) is 2.05. The average Bonchev–Trinajstić information content (AvgIpc) is 2.36. The highest BCUT2D eigenvalue weighted by atomic mass is 19.4. The van der Waals surface area contributed by atoms with Crippen LogP contribution in [0, 0.1) is 0 Å². The molecule has 0 rings (SSSR count). The Labute approximate surface area is 123 Å². The van der Waals surface area contributed by atoms with Crippen LogP contribution < -0.4 is 0 Å². The molecule has 0 heterocycles. The lowest BCUT2D eigenvalue weighted by Crippen LogP contribution is -2.36. The summed E-state index contributed by atoms with van der Waals surface area (Å²) < 4.78 is 60.9. The molecule has 0 aliphatic heterocycles. The van der Waals surface area contributed by atoms with E-state index in [1.54, 1.807) is 0 Å². The molecule has 0 aromatic heterocycles. The lowest BCUT2D eigenvalue weighted by molar-refractivity contribution is -0.284. The summed E-state index contributed by atoms with van der Waals surface area (Å²) in [4.78, 5) is 11.4. The van der Waals surface area contributed by atoms with Crippen LogP contribution in [0.2, 0.25) is 0 Å². The zero-order chi connectivity index (χ0) is 16.4. The summed E-state index contributed by atoms with van der Waals surface area (Å²) in [5, 5.41) is 0. The number of ketones is 1. The van der Waals surface area contributed by atoms with Crippen molar-refractivity contribution in [3.8, 4) is 0 Å². The van der Waals surface area contributed by atoms with Gasteiger partial charge in [-0.15, -0.1) is 0 Å². The molecule has 0 aromatic carbocycles. The zero-order valence-electron chi connectivity index (χ0n) is 12.6. The van der Waals surface area contributed by atoms with Gasteiger partial charge in [-0.05, 0) is 12.8 Å². The first-order valence-electron chi connectivity index (χ1n) is 7.67. The first-order chi connectivity index (χ1) is 9.70. The molecule has 1 nitrogen and oxygen atoms in total. The molecule has 0 bridgehead atoms. The number of Topliss-reactive ketones (excluding diaryl/α,β-unsaturated/α-hetero) is 1. The molecule has 0 amide bonds. The van der Waals surface area contributed by atoms with Crippen molar-refractivity contribution < 1.29 is 26.7 Å². The Morgan fingerprint density at radius 3 is 1.76 bits per heavy atom. The molecule has 0 fully saturated rings. The number of hydrogen-bond donors (Lipinski definition) is 0. The predicted octanol–water partition coefficient (Wildman–Crippen LogP) is 6.06. The molecule has 0 saturated heterocycles. The third-order valence-electron chi connectivity index (χ3n) is 3.42. The molecular weight excluding hydrogens is 291 g/mol. The van der Waals surface area contributed by atoms with Gasteiger partial charge >= 0.3 is 12.1 Å². The van der Waals surface area contributed by atoms with Crippen LogP contribution >= 0.6 is 0 Å². The second-order valence-electron chi connectivity index (χ2n) is 5.47. The molecule has 0 aromatic rings. The van der Waals surface area contributed by atoms with Gasteiger partial charge in [0.15, 0.2) is 0 Å². The molecule has 21 heavy (non-hydrogen) atoms. The SMILES string of the molecule is CCCCCCCCCC(=O)CCCC(F)(F)C(F)(F)F. The number of unbranched alkanes of at least 4 members (excludes halogenated alkanes) is 6. The molecule has 0 unspecified atom stereocenters. The van der Waals surface area contributed by atoms with Gasteiger partial charge in [0.1, 0.15) is 5.78 Å². The van der Waals surface area contributed by atoms with Gasteiger partial charge in [-0.1, -0.05) is 45.4 Å². The average molecular weight is 316 g/mol. The first kappa shape index (κ1) is 20.3. The van der Waals surface area contributed by atoms with E-state index in [2.05, 4.69) is 6.92 Å². The molecule has 0 spiro atoms. The number of carbonyl (C=O) groups is 1. The molecule has 0 aliphatic rings.